The van der Waals surface area contributed by atoms with Crippen LogP contribution in [0.3, 0.4) is 0 Å². The largest absolute Gasteiger partial charge is 0.356 e. The van der Waals surface area contributed by atoms with Crippen molar-refractivity contribution in [1.82, 2.24) is 25.0 Å². The molecule has 1 aliphatic rings. The number of carbonyl (C=O) groups excluding carboxylic acids is 2. The molecule has 140 valence electrons. The highest BCUT2D eigenvalue weighted by atomic mass is 32.1. The summed E-state index contributed by atoms with van der Waals surface area (Å²) in [7, 11) is 0. The van der Waals surface area contributed by atoms with E-state index in [1.807, 2.05) is 5.38 Å². The van der Waals surface area contributed by atoms with E-state index in [1.54, 1.807) is 16.0 Å². The molecule has 0 saturated carbocycles. The first kappa shape index (κ1) is 18.4. The van der Waals surface area contributed by atoms with Gasteiger partial charge >= 0.3 is 5.69 Å². The number of fused-ring (bicyclic) bond motifs is 1. The van der Waals surface area contributed by atoms with Gasteiger partial charge in [0.25, 0.3) is 5.91 Å². The molecule has 0 bridgehead atoms. The Morgan fingerprint density at radius 2 is 2.12 bits per heavy atom. The molecule has 2 aromatic rings. The number of amides is 2. The summed E-state index contributed by atoms with van der Waals surface area (Å²) in [6.45, 7) is 2.02. The van der Waals surface area contributed by atoms with E-state index in [9.17, 15) is 14.4 Å². The van der Waals surface area contributed by atoms with Crippen LogP contribution in [-0.2, 0) is 24.3 Å². The highest BCUT2D eigenvalue weighted by Gasteiger charge is 2.16. The summed E-state index contributed by atoms with van der Waals surface area (Å²) in [6, 6.07) is 1.75. The van der Waals surface area contributed by atoms with E-state index in [1.165, 1.54) is 16.0 Å². The predicted octanol–water partition coefficient (Wildman–Crippen LogP) is 0.769. The van der Waals surface area contributed by atoms with Gasteiger partial charge in [0.2, 0.25) is 5.91 Å². The van der Waals surface area contributed by atoms with E-state index in [0.29, 0.717) is 31.6 Å². The maximum Gasteiger partial charge on any atom is 0.345 e. The molecule has 9 heteroatoms. The molecule has 26 heavy (non-hydrogen) atoms. The number of rotatable bonds is 8. The zero-order chi connectivity index (χ0) is 18.4. The molecule has 8 nitrogen and oxygen atoms in total. The minimum Gasteiger partial charge on any atom is -0.356 e. The molecule has 0 atom stereocenters. The first-order chi connectivity index (χ1) is 12.6. The molecule has 0 fully saturated rings. The molecular formula is C17H23N5O3S. The third kappa shape index (κ3) is 4.60. The molecule has 0 saturated heterocycles. The van der Waals surface area contributed by atoms with E-state index in [2.05, 4.69) is 15.7 Å². The molecule has 2 N–H and O–H groups in total. The number of hydrogen-bond donors (Lipinski definition) is 2. The van der Waals surface area contributed by atoms with Gasteiger partial charge in [0.1, 0.15) is 5.82 Å². The second kappa shape index (κ2) is 8.79. The van der Waals surface area contributed by atoms with Crippen LogP contribution in [0.2, 0.25) is 0 Å². The molecule has 3 rings (SSSR count). The Morgan fingerprint density at radius 1 is 1.23 bits per heavy atom. The Labute approximate surface area is 155 Å². The lowest BCUT2D eigenvalue weighted by molar-refractivity contribution is -0.120. The van der Waals surface area contributed by atoms with Crippen molar-refractivity contribution in [1.29, 1.82) is 0 Å². The molecule has 3 heterocycles. The van der Waals surface area contributed by atoms with Crippen molar-refractivity contribution in [3.8, 4) is 0 Å². The van der Waals surface area contributed by atoms with Crippen molar-refractivity contribution in [2.75, 3.05) is 13.1 Å². The molecule has 2 amide bonds. The first-order valence-corrected chi connectivity index (χ1v) is 9.83. The van der Waals surface area contributed by atoms with E-state index >= 15 is 0 Å². The van der Waals surface area contributed by atoms with E-state index in [4.69, 9.17) is 0 Å². The standard InChI is InChI=1S/C17H23N5O3S/c23-15(5-8-19-16(24)13-6-11-26-12-13)18-7-3-10-22-17(25)21-9-2-1-4-14(21)20-22/h6,11-12H,1-5,7-10H2,(H,18,23)(H,19,24). The van der Waals surface area contributed by atoms with Gasteiger partial charge in [0.15, 0.2) is 0 Å². The van der Waals surface area contributed by atoms with Crippen LogP contribution in [-0.4, -0.2) is 39.3 Å². The van der Waals surface area contributed by atoms with Crippen molar-refractivity contribution in [2.24, 2.45) is 0 Å². The Hall–Kier alpha value is -2.42. The number of nitrogens with one attached hydrogen (secondary N) is 2. The van der Waals surface area contributed by atoms with Crippen LogP contribution < -0.4 is 16.3 Å². The second-order valence-electron chi connectivity index (χ2n) is 6.25. The third-order valence-corrected chi connectivity index (χ3v) is 5.00. The van der Waals surface area contributed by atoms with Gasteiger partial charge in [-0.25, -0.2) is 9.48 Å². The normalized spacial score (nSPS) is 13.2. The molecular weight excluding hydrogens is 354 g/mol. The Morgan fingerprint density at radius 3 is 2.88 bits per heavy atom. The fourth-order valence-corrected chi connectivity index (χ4v) is 3.56. The first-order valence-electron chi connectivity index (χ1n) is 8.89. The number of nitrogens with zero attached hydrogens (tertiary/aromatic N) is 3. The van der Waals surface area contributed by atoms with Crippen molar-refractivity contribution >= 4 is 23.2 Å². The highest BCUT2D eigenvalue weighted by molar-refractivity contribution is 7.08. The summed E-state index contributed by atoms with van der Waals surface area (Å²) in [5, 5.41) is 13.5. The quantitative estimate of drug-likeness (QED) is 0.664. The van der Waals surface area contributed by atoms with Crippen LogP contribution in [0.1, 0.15) is 41.9 Å². The van der Waals surface area contributed by atoms with E-state index in [0.717, 1.165) is 31.6 Å². The number of carbonyl (C=O) groups is 2. The molecule has 0 radical (unpaired) electrons. The van der Waals surface area contributed by atoms with Crippen LogP contribution in [0, 0.1) is 0 Å². The zero-order valence-electron chi connectivity index (χ0n) is 14.6. The molecule has 1 aliphatic heterocycles. The van der Waals surface area contributed by atoms with Crippen molar-refractivity contribution in [3.05, 3.63) is 38.7 Å². The molecule has 0 aromatic carbocycles. The number of aryl methyl sites for hydroxylation is 2. The van der Waals surface area contributed by atoms with Gasteiger partial charge in [-0.1, -0.05) is 0 Å². The SMILES string of the molecule is O=C(CCNC(=O)c1ccsc1)NCCCn1nc2n(c1=O)CCCC2. The molecule has 0 aliphatic carbocycles. The lowest BCUT2D eigenvalue weighted by Crippen LogP contribution is -2.32. The predicted molar refractivity (Wildman–Crippen MR) is 98.3 cm³/mol. The zero-order valence-corrected chi connectivity index (χ0v) is 15.4. The minimum absolute atomic E-state index is 0.0535. The summed E-state index contributed by atoms with van der Waals surface area (Å²) in [4.78, 5) is 35.7. The van der Waals surface area contributed by atoms with Crippen molar-refractivity contribution in [2.45, 2.75) is 45.2 Å². The summed E-state index contributed by atoms with van der Waals surface area (Å²) in [5.74, 6) is 0.584. The Balaban J connectivity index is 1.32. The third-order valence-electron chi connectivity index (χ3n) is 4.32. The van der Waals surface area contributed by atoms with Crippen LogP contribution >= 0.6 is 11.3 Å². The van der Waals surface area contributed by atoms with Crippen LogP contribution in [0.4, 0.5) is 0 Å². The number of aromatic nitrogens is 3. The van der Waals surface area contributed by atoms with Crippen molar-refractivity contribution in [3.63, 3.8) is 0 Å². The highest BCUT2D eigenvalue weighted by Crippen LogP contribution is 2.09. The van der Waals surface area contributed by atoms with Gasteiger partial charge in [0.05, 0.1) is 0 Å². The lowest BCUT2D eigenvalue weighted by atomic mass is 10.2. The maximum atomic E-state index is 12.2. The Kier molecular flexibility index (Phi) is 6.21. The average Bonchev–Trinajstić information content (AvgIpc) is 3.28. The number of thiophene rings is 1. The van der Waals surface area contributed by atoms with Crippen LogP contribution in [0.15, 0.2) is 21.6 Å². The smallest absolute Gasteiger partial charge is 0.345 e. The molecule has 0 spiro atoms. The average molecular weight is 377 g/mol. The summed E-state index contributed by atoms with van der Waals surface area (Å²) in [6.07, 6.45) is 3.83. The number of hydrogen-bond acceptors (Lipinski definition) is 5. The fraction of sp³-hybridized carbons (Fsp3) is 0.529. The lowest BCUT2D eigenvalue weighted by Gasteiger charge is -2.09. The van der Waals surface area contributed by atoms with Gasteiger partial charge < -0.3 is 10.6 Å². The molecule has 0 unspecified atom stereocenters. The van der Waals surface area contributed by atoms with Gasteiger partial charge in [-0.05, 0) is 30.7 Å². The van der Waals surface area contributed by atoms with E-state index < -0.39 is 0 Å². The van der Waals surface area contributed by atoms with Crippen LogP contribution in [0.5, 0.6) is 0 Å². The summed E-state index contributed by atoms with van der Waals surface area (Å²) in [5.41, 5.74) is 0.561. The fourth-order valence-electron chi connectivity index (χ4n) is 2.92. The van der Waals surface area contributed by atoms with Gasteiger partial charge in [-0.3, -0.25) is 14.2 Å². The maximum absolute atomic E-state index is 12.2. The van der Waals surface area contributed by atoms with E-state index in [-0.39, 0.29) is 23.9 Å². The summed E-state index contributed by atoms with van der Waals surface area (Å²) < 4.78 is 3.24. The Bertz CT molecular complexity index is 809. The van der Waals surface area contributed by atoms with Gasteiger partial charge in [-0.2, -0.15) is 16.4 Å². The monoisotopic (exact) mass is 377 g/mol. The second-order valence-corrected chi connectivity index (χ2v) is 7.03. The van der Waals surface area contributed by atoms with Crippen LogP contribution in [0.25, 0.3) is 0 Å². The van der Waals surface area contributed by atoms with Gasteiger partial charge in [-0.15, -0.1) is 0 Å². The van der Waals surface area contributed by atoms with Crippen molar-refractivity contribution < 1.29 is 9.59 Å². The van der Waals surface area contributed by atoms with Gasteiger partial charge in [0, 0.05) is 50.0 Å². The molecule has 2 aromatic heterocycles. The topological polar surface area (TPSA) is 98.0 Å². The summed E-state index contributed by atoms with van der Waals surface area (Å²) >= 11 is 1.46. The minimum atomic E-state index is -0.165.